The predicted octanol–water partition coefficient (Wildman–Crippen LogP) is 2.04. The van der Waals surface area contributed by atoms with Crippen LogP contribution in [0.15, 0.2) is 11.6 Å². The molecule has 0 aromatic heterocycles. The fourth-order valence-corrected chi connectivity index (χ4v) is 4.48. The van der Waals surface area contributed by atoms with Gasteiger partial charge < -0.3 is 4.57 Å². The van der Waals surface area contributed by atoms with Gasteiger partial charge in [-0.15, -0.1) is 0 Å². The van der Waals surface area contributed by atoms with Gasteiger partial charge in [-0.05, 0) is 13.1 Å². The van der Waals surface area contributed by atoms with Gasteiger partial charge in [-0.3, -0.25) is 4.79 Å². The van der Waals surface area contributed by atoms with Crippen molar-refractivity contribution in [1.82, 2.24) is 0 Å². The molecule has 1 saturated carbocycles. The van der Waals surface area contributed by atoms with E-state index >= 15 is 0 Å². The lowest BCUT2D eigenvalue weighted by atomic mass is 9.93. The van der Waals surface area contributed by atoms with E-state index in [2.05, 4.69) is 6.08 Å². The molecule has 0 saturated heterocycles. The highest BCUT2D eigenvalue weighted by Crippen LogP contribution is 2.57. The summed E-state index contributed by atoms with van der Waals surface area (Å²) >= 11 is 0. The summed E-state index contributed by atoms with van der Waals surface area (Å²) in [4.78, 5) is 11.1. The van der Waals surface area contributed by atoms with Crippen molar-refractivity contribution in [2.24, 2.45) is 0 Å². The molecule has 66 valence electrons. The van der Waals surface area contributed by atoms with E-state index in [0.717, 1.165) is 12.6 Å². The van der Waals surface area contributed by atoms with E-state index < -0.39 is 7.14 Å². The number of fused-ring (bicyclic) bond motifs is 1. The molecule has 0 amide bonds. The average molecular weight is 184 g/mol. The highest BCUT2D eigenvalue weighted by molar-refractivity contribution is 7.64. The van der Waals surface area contributed by atoms with Gasteiger partial charge in [-0.1, -0.05) is 11.6 Å². The monoisotopic (exact) mass is 184 g/mol. The number of carbonyl (C=O) groups excluding carboxylic acids is 1. The molecule has 0 N–H and O–H groups in total. The molecule has 1 heterocycles. The lowest BCUT2D eigenvalue weighted by Gasteiger charge is -2.23. The molecule has 0 radical (unpaired) electrons. The Morgan fingerprint density at radius 1 is 1.50 bits per heavy atom. The Hall–Kier alpha value is -0.360. The molecule has 2 nitrogen and oxygen atoms in total. The van der Waals surface area contributed by atoms with Gasteiger partial charge in [-0.25, -0.2) is 0 Å². The Labute approximate surface area is 72.4 Å². The minimum Gasteiger partial charge on any atom is -0.323 e. The molecule has 0 bridgehead atoms. The first-order valence-corrected chi connectivity index (χ1v) is 6.77. The molecule has 0 spiro atoms. The first kappa shape index (κ1) is 8.25. The van der Waals surface area contributed by atoms with Crippen molar-refractivity contribution in [2.45, 2.75) is 24.9 Å². The highest BCUT2D eigenvalue weighted by atomic mass is 31.2. The van der Waals surface area contributed by atoms with E-state index in [9.17, 15) is 9.36 Å². The molecule has 12 heavy (non-hydrogen) atoms. The van der Waals surface area contributed by atoms with Gasteiger partial charge in [0.1, 0.15) is 5.78 Å². The summed E-state index contributed by atoms with van der Waals surface area (Å²) < 4.78 is 11.9. The number of Topliss-reactive ketones (excluding diaryl/α,β-unsaturated/α-hetero) is 1. The SMILES string of the molecule is C[P@]1(=O)CC=C2CCC(=O)C[C@@H]21. The van der Waals surface area contributed by atoms with Crippen LogP contribution in [-0.4, -0.2) is 24.3 Å². The maximum Gasteiger partial charge on any atom is 0.134 e. The third kappa shape index (κ3) is 1.19. The van der Waals surface area contributed by atoms with Crippen molar-refractivity contribution >= 4 is 12.9 Å². The fourth-order valence-electron chi connectivity index (χ4n) is 2.11. The average Bonchev–Trinajstić information content (AvgIpc) is 2.28. The minimum atomic E-state index is -2.03. The third-order valence-corrected chi connectivity index (χ3v) is 5.66. The number of rotatable bonds is 0. The van der Waals surface area contributed by atoms with Crippen molar-refractivity contribution in [2.75, 3.05) is 12.8 Å². The quantitative estimate of drug-likeness (QED) is 0.426. The number of hydrogen-bond acceptors (Lipinski definition) is 2. The van der Waals surface area contributed by atoms with Gasteiger partial charge in [0.15, 0.2) is 0 Å². The number of carbonyl (C=O) groups is 1. The summed E-state index contributed by atoms with van der Waals surface area (Å²) in [7, 11) is -2.03. The molecule has 1 aliphatic carbocycles. The van der Waals surface area contributed by atoms with Crippen LogP contribution in [0, 0.1) is 0 Å². The molecule has 0 aromatic carbocycles. The minimum absolute atomic E-state index is 0.124. The lowest BCUT2D eigenvalue weighted by molar-refractivity contribution is -0.119. The highest BCUT2D eigenvalue weighted by Gasteiger charge is 2.38. The van der Waals surface area contributed by atoms with Crippen LogP contribution in [0.2, 0.25) is 0 Å². The van der Waals surface area contributed by atoms with Crippen LogP contribution >= 0.6 is 7.14 Å². The summed E-state index contributed by atoms with van der Waals surface area (Å²) in [5, 5.41) is 0. The molecule has 1 fully saturated rings. The second kappa shape index (κ2) is 2.56. The number of allylic oxidation sites excluding steroid dienone is 2. The van der Waals surface area contributed by atoms with Crippen molar-refractivity contribution < 1.29 is 9.36 Å². The zero-order chi connectivity index (χ0) is 8.77. The van der Waals surface area contributed by atoms with E-state index in [4.69, 9.17) is 0 Å². The zero-order valence-corrected chi connectivity index (χ0v) is 8.14. The molecular weight excluding hydrogens is 171 g/mol. The zero-order valence-electron chi connectivity index (χ0n) is 7.25. The lowest BCUT2D eigenvalue weighted by Crippen LogP contribution is -2.19. The Kier molecular flexibility index (Phi) is 1.76. The molecule has 2 aliphatic rings. The van der Waals surface area contributed by atoms with Crippen LogP contribution in [0.5, 0.6) is 0 Å². The normalized spacial score (nSPS) is 40.9. The molecular formula is C9H13O2P. The summed E-state index contributed by atoms with van der Waals surface area (Å²) in [5.41, 5.74) is 1.42. The molecule has 0 unspecified atom stereocenters. The van der Waals surface area contributed by atoms with Gasteiger partial charge in [0.25, 0.3) is 0 Å². The second-order valence-corrected chi connectivity index (χ2v) is 7.23. The summed E-state index contributed by atoms with van der Waals surface area (Å²) in [6, 6.07) is 0. The Morgan fingerprint density at radius 2 is 2.25 bits per heavy atom. The number of ketones is 1. The van der Waals surface area contributed by atoms with E-state index in [0.29, 0.717) is 18.6 Å². The van der Waals surface area contributed by atoms with Gasteiger partial charge >= 0.3 is 0 Å². The largest absolute Gasteiger partial charge is 0.323 e. The van der Waals surface area contributed by atoms with Crippen LogP contribution in [0.4, 0.5) is 0 Å². The second-order valence-electron chi connectivity index (χ2n) is 3.89. The van der Waals surface area contributed by atoms with E-state index in [1.165, 1.54) is 5.57 Å². The molecule has 2 rings (SSSR count). The maximum atomic E-state index is 11.9. The number of hydrogen-bond donors (Lipinski definition) is 0. The Morgan fingerprint density at radius 3 is 3.00 bits per heavy atom. The van der Waals surface area contributed by atoms with Crippen molar-refractivity contribution in [3.63, 3.8) is 0 Å². The maximum absolute atomic E-state index is 11.9. The predicted molar refractivity (Wildman–Crippen MR) is 49.1 cm³/mol. The van der Waals surface area contributed by atoms with Gasteiger partial charge in [0.2, 0.25) is 0 Å². The van der Waals surface area contributed by atoms with Crippen molar-refractivity contribution in [1.29, 1.82) is 0 Å². The first-order valence-electron chi connectivity index (χ1n) is 4.36. The Bertz CT molecular complexity index is 304. The Balaban J connectivity index is 2.28. The molecule has 1 aliphatic heterocycles. The van der Waals surface area contributed by atoms with Crippen LogP contribution in [0.1, 0.15) is 19.3 Å². The fraction of sp³-hybridized carbons (Fsp3) is 0.667. The van der Waals surface area contributed by atoms with Gasteiger partial charge in [-0.2, -0.15) is 0 Å². The standard InChI is InChI=1S/C9H13O2P/c1-12(11)5-4-7-2-3-8(10)6-9(7)12/h4,9H,2-3,5-6H2,1H3/t9-,12-/m0/s1. The summed E-state index contributed by atoms with van der Waals surface area (Å²) in [5.74, 6) is 0.293. The van der Waals surface area contributed by atoms with Crippen LogP contribution in [0.3, 0.4) is 0 Å². The molecule has 2 atom stereocenters. The summed E-state index contributed by atoms with van der Waals surface area (Å²) in [6.45, 7) is 1.83. The molecule has 0 aromatic rings. The van der Waals surface area contributed by atoms with E-state index in [-0.39, 0.29) is 5.66 Å². The van der Waals surface area contributed by atoms with E-state index in [1.54, 1.807) is 0 Å². The first-order chi connectivity index (χ1) is 5.59. The van der Waals surface area contributed by atoms with Crippen LogP contribution in [-0.2, 0) is 9.36 Å². The van der Waals surface area contributed by atoms with Crippen LogP contribution < -0.4 is 0 Å². The van der Waals surface area contributed by atoms with Gasteiger partial charge in [0, 0.05) is 24.7 Å². The summed E-state index contributed by atoms with van der Waals surface area (Å²) in [6.07, 6.45) is 4.89. The van der Waals surface area contributed by atoms with E-state index in [1.807, 2.05) is 6.66 Å². The topological polar surface area (TPSA) is 34.1 Å². The van der Waals surface area contributed by atoms with Crippen molar-refractivity contribution in [3.05, 3.63) is 11.6 Å². The third-order valence-electron chi connectivity index (χ3n) is 2.92. The van der Waals surface area contributed by atoms with Crippen LogP contribution in [0.25, 0.3) is 0 Å². The van der Waals surface area contributed by atoms with Gasteiger partial charge in [0.05, 0.1) is 7.14 Å². The smallest absolute Gasteiger partial charge is 0.134 e. The van der Waals surface area contributed by atoms with Crippen molar-refractivity contribution in [3.8, 4) is 0 Å². The molecule has 3 heteroatoms.